The summed E-state index contributed by atoms with van der Waals surface area (Å²) < 4.78 is 71.9. The topological polar surface area (TPSA) is 60.7 Å². The summed E-state index contributed by atoms with van der Waals surface area (Å²) in [5.74, 6) is -0.229. The first kappa shape index (κ1) is 21.9. The zero-order valence-electron chi connectivity index (χ0n) is 12.8. The summed E-state index contributed by atoms with van der Waals surface area (Å²) in [5, 5.41) is 24.3. The molecule has 0 aliphatic rings. The van der Waals surface area contributed by atoms with Gasteiger partial charge in [0.1, 0.15) is 11.5 Å². The smallest absolute Gasteiger partial charge is 0.418 e. The van der Waals surface area contributed by atoms with Gasteiger partial charge in [0.2, 0.25) is 0 Å². The molecule has 0 radical (unpaired) electrons. The van der Waals surface area contributed by atoms with Crippen LogP contribution in [0.3, 0.4) is 0 Å². The number of phenols is 2. The normalized spacial score (nSPS) is 14.2. The molecule has 2 rings (SSSR count). The number of halogens is 7. The highest BCUT2D eigenvalue weighted by molar-refractivity contribution is 6.21. The van der Waals surface area contributed by atoms with Crippen molar-refractivity contribution in [2.45, 2.75) is 23.8 Å². The van der Waals surface area contributed by atoms with Crippen molar-refractivity contribution >= 4 is 11.6 Å². The van der Waals surface area contributed by atoms with Gasteiger partial charge in [0, 0.05) is 0 Å². The van der Waals surface area contributed by atoms with Crippen LogP contribution in [-0.4, -0.2) is 27.7 Å². The van der Waals surface area contributed by atoms with Gasteiger partial charge in [-0.05, 0) is 35.4 Å². The van der Waals surface area contributed by atoms with E-state index in [1.54, 1.807) is 0 Å². The van der Waals surface area contributed by atoms with E-state index in [9.17, 15) is 26.3 Å². The molecule has 0 fully saturated rings. The van der Waals surface area contributed by atoms with Gasteiger partial charge in [-0.1, -0.05) is 24.3 Å². The molecule has 144 valence electrons. The van der Waals surface area contributed by atoms with Crippen molar-refractivity contribution in [2.24, 2.45) is 0 Å². The number of aliphatic hydroxyl groups excluding tert-OH is 1. The van der Waals surface area contributed by atoms with Gasteiger partial charge in [-0.15, -0.1) is 11.6 Å². The van der Waals surface area contributed by atoms with Crippen LogP contribution >= 0.6 is 11.6 Å². The van der Waals surface area contributed by atoms with Crippen molar-refractivity contribution < 1.29 is 41.7 Å². The fourth-order valence-electron chi connectivity index (χ4n) is 1.68. The van der Waals surface area contributed by atoms with Crippen LogP contribution in [0.4, 0.5) is 26.3 Å². The Morgan fingerprint density at radius 3 is 1.31 bits per heavy atom. The van der Waals surface area contributed by atoms with Gasteiger partial charge in [0.25, 0.3) is 0 Å². The molecule has 10 heteroatoms. The maximum absolute atomic E-state index is 12.0. The molecule has 2 atom stereocenters. The van der Waals surface area contributed by atoms with Gasteiger partial charge < -0.3 is 15.3 Å². The number of rotatable bonds is 2. The Hall–Kier alpha value is -2.13. The number of phenolic OH excluding ortho intramolecular Hbond substituents is 2. The van der Waals surface area contributed by atoms with Gasteiger partial charge >= 0.3 is 12.4 Å². The quantitative estimate of drug-likeness (QED) is 0.476. The van der Waals surface area contributed by atoms with Gasteiger partial charge in [0.05, 0.1) is 0 Å². The summed E-state index contributed by atoms with van der Waals surface area (Å²) in [7, 11) is 0. The lowest BCUT2D eigenvalue weighted by atomic mass is 10.1. The summed E-state index contributed by atoms with van der Waals surface area (Å²) in [5.41, 5.74) is -0.364. The largest absolute Gasteiger partial charge is 0.508 e. The second kappa shape index (κ2) is 8.50. The molecule has 3 N–H and O–H groups in total. The second-order valence-corrected chi connectivity index (χ2v) is 5.47. The van der Waals surface area contributed by atoms with E-state index in [2.05, 4.69) is 0 Å². The molecule has 0 saturated carbocycles. The molecule has 2 aromatic rings. The summed E-state index contributed by atoms with van der Waals surface area (Å²) >= 11 is 5.13. The van der Waals surface area contributed by atoms with E-state index in [4.69, 9.17) is 26.9 Å². The Kier molecular flexibility index (Phi) is 7.16. The molecule has 0 heterocycles. The number of hydrogen-bond donors (Lipinski definition) is 3. The molecule has 0 aliphatic heterocycles. The molecule has 26 heavy (non-hydrogen) atoms. The number of alkyl halides is 7. The van der Waals surface area contributed by atoms with E-state index in [0.717, 1.165) is 48.5 Å². The predicted molar refractivity (Wildman–Crippen MR) is 81.9 cm³/mol. The summed E-state index contributed by atoms with van der Waals surface area (Å²) in [4.78, 5) is 0. The fourth-order valence-corrected chi connectivity index (χ4v) is 1.82. The van der Waals surface area contributed by atoms with Crippen LogP contribution in [0.1, 0.15) is 22.6 Å². The van der Waals surface area contributed by atoms with Crippen molar-refractivity contribution in [3.8, 4) is 11.5 Å². The van der Waals surface area contributed by atoms with Crippen LogP contribution < -0.4 is 0 Å². The van der Waals surface area contributed by atoms with E-state index in [0.29, 0.717) is 0 Å². The molecule has 2 unspecified atom stereocenters. The Morgan fingerprint density at radius 1 is 0.654 bits per heavy atom. The van der Waals surface area contributed by atoms with Crippen molar-refractivity contribution in [1.29, 1.82) is 0 Å². The predicted octanol–water partition coefficient (Wildman–Crippen LogP) is 5.22. The molecule has 3 nitrogen and oxygen atoms in total. The van der Waals surface area contributed by atoms with Gasteiger partial charge in [-0.2, -0.15) is 26.3 Å². The van der Waals surface area contributed by atoms with E-state index in [1.165, 1.54) is 0 Å². The van der Waals surface area contributed by atoms with Gasteiger partial charge in [0.15, 0.2) is 11.5 Å². The van der Waals surface area contributed by atoms with E-state index in [-0.39, 0.29) is 22.6 Å². The van der Waals surface area contributed by atoms with Crippen molar-refractivity contribution in [3.05, 3.63) is 59.7 Å². The number of aliphatic hydroxyl groups is 1. The average molecular weight is 403 g/mol. The third-order valence-electron chi connectivity index (χ3n) is 2.99. The maximum atomic E-state index is 12.0. The first-order chi connectivity index (χ1) is 11.8. The zero-order chi connectivity index (χ0) is 20.1. The number of hydrogen-bond acceptors (Lipinski definition) is 3. The Bertz CT molecular complexity index is 622. The van der Waals surface area contributed by atoms with Crippen molar-refractivity contribution in [1.82, 2.24) is 0 Å². The summed E-state index contributed by atoms with van der Waals surface area (Å²) in [6.45, 7) is 0. The molecular formula is C16H13ClF6O3. The fraction of sp³-hybridized carbons (Fsp3) is 0.250. The van der Waals surface area contributed by atoms with Crippen molar-refractivity contribution in [3.63, 3.8) is 0 Å². The number of benzene rings is 2. The van der Waals surface area contributed by atoms with E-state index >= 15 is 0 Å². The standard InChI is InChI=1S/C8H6ClF3O.C8H7F3O2/c9-7(8(10,11)12)5-1-3-6(13)4-2-5;9-8(10,11)7(13)5-1-3-6(12)4-2-5/h1-4,7,13H;1-4,7,12-13H. The van der Waals surface area contributed by atoms with E-state index < -0.39 is 23.8 Å². The van der Waals surface area contributed by atoms with Crippen LogP contribution in [0.2, 0.25) is 0 Å². The highest BCUT2D eigenvalue weighted by Gasteiger charge is 2.39. The lowest BCUT2D eigenvalue weighted by molar-refractivity contribution is -0.206. The highest BCUT2D eigenvalue weighted by Crippen LogP contribution is 2.38. The van der Waals surface area contributed by atoms with Crippen LogP contribution in [0.15, 0.2) is 48.5 Å². The van der Waals surface area contributed by atoms with Crippen molar-refractivity contribution in [2.75, 3.05) is 0 Å². The Balaban J connectivity index is 0.000000260. The average Bonchev–Trinajstić information content (AvgIpc) is 2.54. The van der Waals surface area contributed by atoms with Crippen LogP contribution in [-0.2, 0) is 0 Å². The SMILES string of the molecule is Oc1ccc(C(Cl)C(F)(F)F)cc1.Oc1ccc(C(O)C(F)(F)F)cc1. The molecule has 0 amide bonds. The third kappa shape index (κ3) is 6.64. The van der Waals surface area contributed by atoms with Crippen LogP contribution in [0, 0.1) is 0 Å². The first-order valence-corrected chi connectivity index (χ1v) is 7.29. The maximum Gasteiger partial charge on any atom is 0.418 e. The molecule has 0 aliphatic carbocycles. The minimum atomic E-state index is -4.67. The molecule has 0 bridgehead atoms. The Morgan fingerprint density at radius 2 is 1.00 bits per heavy atom. The summed E-state index contributed by atoms with van der Waals surface area (Å²) in [6.07, 6.45) is -11.6. The molecule has 0 spiro atoms. The van der Waals surface area contributed by atoms with Gasteiger partial charge in [-0.25, -0.2) is 0 Å². The third-order valence-corrected chi connectivity index (χ3v) is 3.49. The highest BCUT2D eigenvalue weighted by atomic mass is 35.5. The number of aromatic hydroxyl groups is 2. The minimum absolute atomic E-state index is 0.0769. The minimum Gasteiger partial charge on any atom is -0.508 e. The summed E-state index contributed by atoms with van der Waals surface area (Å²) in [6, 6.07) is 8.82. The monoisotopic (exact) mass is 402 g/mol. The lowest BCUT2D eigenvalue weighted by Crippen LogP contribution is -2.19. The van der Waals surface area contributed by atoms with Crippen LogP contribution in [0.5, 0.6) is 11.5 Å². The second-order valence-electron chi connectivity index (χ2n) is 5.03. The van der Waals surface area contributed by atoms with Crippen LogP contribution in [0.25, 0.3) is 0 Å². The molecule has 2 aromatic carbocycles. The molecule has 0 aromatic heterocycles. The lowest BCUT2D eigenvalue weighted by Gasteiger charge is -2.14. The molecular weight excluding hydrogens is 390 g/mol. The van der Waals surface area contributed by atoms with E-state index in [1.807, 2.05) is 0 Å². The Labute approximate surface area is 149 Å². The van der Waals surface area contributed by atoms with Gasteiger partial charge in [-0.3, -0.25) is 0 Å². The molecule has 0 saturated heterocycles. The first-order valence-electron chi connectivity index (χ1n) is 6.85. The zero-order valence-corrected chi connectivity index (χ0v) is 13.5.